The zero-order chi connectivity index (χ0) is 40.3. The van der Waals surface area contributed by atoms with Gasteiger partial charge in [-0.25, -0.2) is 8.42 Å². The predicted molar refractivity (Wildman–Crippen MR) is 212 cm³/mol. The lowest BCUT2D eigenvalue weighted by molar-refractivity contribution is 0.131. The molecule has 0 aromatic heterocycles. The van der Waals surface area contributed by atoms with Crippen molar-refractivity contribution in [3.63, 3.8) is 0 Å². The Balaban J connectivity index is 1.64. The van der Waals surface area contributed by atoms with Crippen LogP contribution in [0.5, 0.6) is 17.2 Å². The first-order chi connectivity index (χ1) is 24.7. The summed E-state index contributed by atoms with van der Waals surface area (Å²) in [5, 5.41) is 0. The molecule has 0 atom stereocenters. The van der Waals surface area contributed by atoms with E-state index >= 15 is 0 Å². The van der Waals surface area contributed by atoms with E-state index in [1.807, 2.05) is 32.9 Å². The van der Waals surface area contributed by atoms with E-state index in [9.17, 15) is 34.4 Å². The summed E-state index contributed by atoms with van der Waals surface area (Å²) in [6.45, 7) is 16.1. The van der Waals surface area contributed by atoms with Crippen LogP contribution in [0.4, 0.5) is 0 Å². The summed E-state index contributed by atoms with van der Waals surface area (Å²) in [6, 6.07) is 24.2. The van der Waals surface area contributed by atoms with Gasteiger partial charge in [0.15, 0.2) is 0 Å². The molecule has 0 aliphatic carbocycles. The summed E-state index contributed by atoms with van der Waals surface area (Å²) in [4.78, 5) is 0.203. The van der Waals surface area contributed by atoms with E-state index in [1.165, 1.54) is 24.3 Å². The summed E-state index contributed by atoms with van der Waals surface area (Å²) in [7, 11) is -12.1. The lowest BCUT2D eigenvalue weighted by Gasteiger charge is -2.30. The van der Waals surface area contributed by atoms with E-state index in [0.717, 1.165) is 22.3 Å². The maximum absolute atomic E-state index is 13.4. The summed E-state index contributed by atoms with van der Waals surface area (Å²) in [5.41, 5.74) is 3.45. The second-order valence-corrected chi connectivity index (χ2v) is 21.2. The Morgan fingerprint density at radius 1 is 0.556 bits per heavy atom. The number of ether oxygens (including phenoxy) is 2. The first-order valence-electron chi connectivity index (χ1n) is 17.7. The molecule has 4 aromatic carbocycles. The number of hydrogen-bond donors (Lipinski definition) is 2. The average Bonchev–Trinajstić information content (AvgIpc) is 3.03. The molecule has 4 rings (SSSR count). The van der Waals surface area contributed by atoms with Gasteiger partial charge >= 0.3 is 0 Å². The molecule has 2 N–H and O–H groups in total. The van der Waals surface area contributed by atoms with Gasteiger partial charge in [0, 0.05) is 5.41 Å². The van der Waals surface area contributed by atoms with Crippen molar-refractivity contribution in [1.82, 2.24) is 0 Å². The molecule has 0 aliphatic heterocycles. The Kier molecular flexibility index (Phi) is 12.9. The van der Waals surface area contributed by atoms with Gasteiger partial charge in [-0.3, -0.25) is 9.11 Å². The quantitative estimate of drug-likeness (QED) is 0.111. The number of aryl methyl sites for hydroxylation is 2. The van der Waals surface area contributed by atoms with Crippen LogP contribution in [0.15, 0.2) is 94.7 Å². The predicted octanol–water partition coefficient (Wildman–Crippen LogP) is 8.75. The first-order valence-corrected chi connectivity index (χ1v) is 22.4. The Bertz CT molecular complexity index is 2260. The summed E-state index contributed by atoms with van der Waals surface area (Å²) in [5.74, 6) is 0.612. The molecule has 294 valence electrons. The Labute approximate surface area is 321 Å². The highest BCUT2D eigenvalue weighted by Crippen LogP contribution is 2.39. The SMILES string of the molecule is CC(C)(C)Oc1ccc(S(=O)(=O)c2ccc(Oc3ccc(C(C)(C)c4ccc(C(C)(C)C)c(CCCS(=O)(=O)O)c4)cc3CCCS(=O)(=O)O)cc2)cc1. The third-order valence-electron chi connectivity index (χ3n) is 9.03. The molecule has 0 fully saturated rings. The molecule has 54 heavy (non-hydrogen) atoms. The standard InChI is InChI=1S/C41H52O10S3/c1-39(2,3)37-23-13-31(27-29(37)11-9-25-52(42,43)44)41(7,8)32-14-24-38(30(28-32)12-10-26-53(45,46)47)50-33-15-19-35(20-16-33)54(48,49)36-21-17-34(18-22-36)51-40(4,5)6/h13-24,27-28H,9-12,25-26H2,1-8H3,(H,42,43,44)(H,45,46,47). The van der Waals surface area contributed by atoms with Gasteiger partial charge in [0.2, 0.25) is 9.84 Å². The van der Waals surface area contributed by atoms with Crippen molar-refractivity contribution in [3.8, 4) is 17.2 Å². The Morgan fingerprint density at radius 3 is 1.46 bits per heavy atom. The van der Waals surface area contributed by atoms with Gasteiger partial charge in [0.25, 0.3) is 20.2 Å². The zero-order valence-corrected chi connectivity index (χ0v) is 34.7. The lowest BCUT2D eigenvalue weighted by atomic mass is 9.74. The molecule has 10 nitrogen and oxygen atoms in total. The van der Waals surface area contributed by atoms with Crippen LogP contribution in [0.3, 0.4) is 0 Å². The topological polar surface area (TPSA) is 161 Å². The minimum atomic E-state index is -4.20. The van der Waals surface area contributed by atoms with Crippen molar-refractivity contribution in [2.24, 2.45) is 0 Å². The molecule has 4 aromatic rings. The highest BCUT2D eigenvalue weighted by atomic mass is 32.2. The van der Waals surface area contributed by atoms with E-state index in [1.54, 1.807) is 30.3 Å². The normalized spacial score (nSPS) is 13.1. The molecule has 0 heterocycles. The number of hydrogen-bond acceptors (Lipinski definition) is 8. The number of benzene rings is 4. The zero-order valence-electron chi connectivity index (χ0n) is 32.2. The highest BCUT2D eigenvalue weighted by Gasteiger charge is 2.28. The monoisotopic (exact) mass is 800 g/mol. The number of rotatable bonds is 15. The van der Waals surface area contributed by atoms with Crippen molar-refractivity contribution in [3.05, 3.63) is 113 Å². The van der Waals surface area contributed by atoms with Gasteiger partial charge in [-0.2, -0.15) is 16.8 Å². The van der Waals surface area contributed by atoms with Crippen molar-refractivity contribution in [2.75, 3.05) is 11.5 Å². The molecular weight excluding hydrogens is 749 g/mol. The fraction of sp³-hybridized carbons (Fsp3) is 0.415. The van der Waals surface area contributed by atoms with Crippen LogP contribution < -0.4 is 9.47 Å². The number of sulfone groups is 1. The van der Waals surface area contributed by atoms with Gasteiger partial charge in [0.05, 0.1) is 21.3 Å². The Hall–Kier alpha value is -3.75. The third kappa shape index (κ3) is 11.9. The summed E-state index contributed by atoms with van der Waals surface area (Å²) >= 11 is 0. The molecule has 0 spiro atoms. The molecule has 0 saturated heterocycles. The molecule has 0 bridgehead atoms. The van der Waals surface area contributed by atoms with Crippen LogP contribution >= 0.6 is 0 Å². The van der Waals surface area contributed by atoms with Crippen LogP contribution in [0.1, 0.15) is 96.0 Å². The average molecular weight is 801 g/mol. The van der Waals surface area contributed by atoms with Crippen molar-refractivity contribution in [2.45, 2.75) is 107 Å². The second-order valence-electron chi connectivity index (χ2n) is 16.1. The minimum Gasteiger partial charge on any atom is -0.488 e. The van der Waals surface area contributed by atoms with E-state index in [-0.39, 0.29) is 40.2 Å². The second kappa shape index (κ2) is 16.2. The van der Waals surface area contributed by atoms with Gasteiger partial charge in [-0.05, 0) is 134 Å². The first kappa shape index (κ1) is 43.0. The maximum Gasteiger partial charge on any atom is 0.264 e. The fourth-order valence-corrected chi connectivity index (χ4v) is 8.51. The third-order valence-corrected chi connectivity index (χ3v) is 12.4. The smallest absolute Gasteiger partial charge is 0.264 e. The van der Waals surface area contributed by atoms with Gasteiger partial charge < -0.3 is 9.47 Å². The van der Waals surface area contributed by atoms with Gasteiger partial charge in [-0.1, -0.05) is 65.0 Å². The van der Waals surface area contributed by atoms with Crippen LogP contribution in [-0.2, 0) is 53.7 Å². The largest absolute Gasteiger partial charge is 0.488 e. The fourth-order valence-electron chi connectivity index (χ4n) is 6.23. The molecule has 0 radical (unpaired) electrons. The van der Waals surface area contributed by atoms with E-state index < -0.39 is 46.8 Å². The van der Waals surface area contributed by atoms with E-state index in [0.29, 0.717) is 29.2 Å². The van der Waals surface area contributed by atoms with E-state index in [4.69, 9.17) is 9.47 Å². The van der Waals surface area contributed by atoms with Gasteiger partial charge in [0.1, 0.15) is 22.8 Å². The Morgan fingerprint density at radius 2 is 1.00 bits per heavy atom. The van der Waals surface area contributed by atoms with Crippen LogP contribution in [0.2, 0.25) is 0 Å². The molecule has 0 aliphatic rings. The maximum atomic E-state index is 13.4. The summed E-state index contributed by atoms with van der Waals surface area (Å²) in [6.07, 6.45) is 1.13. The lowest BCUT2D eigenvalue weighted by Crippen LogP contribution is -2.22. The molecular formula is C41H52O10S3. The van der Waals surface area contributed by atoms with Crippen molar-refractivity contribution in [1.29, 1.82) is 0 Å². The van der Waals surface area contributed by atoms with Crippen LogP contribution in [-0.4, -0.2) is 51.5 Å². The van der Waals surface area contributed by atoms with Crippen LogP contribution in [0.25, 0.3) is 0 Å². The van der Waals surface area contributed by atoms with Gasteiger partial charge in [-0.15, -0.1) is 0 Å². The van der Waals surface area contributed by atoms with Crippen molar-refractivity contribution < 1.29 is 43.8 Å². The molecule has 0 amide bonds. The summed E-state index contributed by atoms with van der Waals surface area (Å²) < 4.78 is 104. The molecule has 0 unspecified atom stereocenters. The van der Waals surface area contributed by atoms with E-state index in [2.05, 4.69) is 52.8 Å². The molecule has 13 heteroatoms. The molecule has 0 saturated carbocycles. The highest BCUT2D eigenvalue weighted by molar-refractivity contribution is 7.91. The van der Waals surface area contributed by atoms with Crippen molar-refractivity contribution >= 4 is 30.1 Å². The van der Waals surface area contributed by atoms with Crippen LogP contribution in [0, 0.1) is 0 Å². The minimum absolute atomic E-state index is 0.0830.